The lowest BCUT2D eigenvalue weighted by Gasteiger charge is -2.08. The van der Waals surface area contributed by atoms with E-state index in [1.807, 2.05) is 30.3 Å². The third-order valence-corrected chi connectivity index (χ3v) is 5.15. The van der Waals surface area contributed by atoms with Gasteiger partial charge in [0, 0.05) is 27.5 Å². The number of aromatic nitrogens is 3. The van der Waals surface area contributed by atoms with Gasteiger partial charge in [0.2, 0.25) is 0 Å². The lowest BCUT2D eigenvalue weighted by Crippen LogP contribution is -1.96. The van der Waals surface area contributed by atoms with Crippen LogP contribution in [-0.2, 0) is 0 Å². The fourth-order valence-corrected chi connectivity index (χ4v) is 3.78. The van der Waals surface area contributed by atoms with E-state index in [2.05, 4.69) is 4.98 Å². The lowest BCUT2D eigenvalue weighted by atomic mass is 10.0. The Balaban J connectivity index is 1.96. The van der Waals surface area contributed by atoms with E-state index < -0.39 is 0 Å². The van der Waals surface area contributed by atoms with Crippen molar-refractivity contribution in [2.24, 2.45) is 0 Å². The van der Waals surface area contributed by atoms with Crippen LogP contribution >= 0.6 is 11.6 Å². The summed E-state index contributed by atoms with van der Waals surface area (Å²) in [6, 6.07) is 15.0. The van der Waals surface area contributed by atoms with Crippen molar-refractivity contribution in [2.45, 2.75) is 0 Å². The van der Waals surface area contributed by atoms with E-state index in [4.69, 9.17) is 37.8 Å². The molecule has 2 heterocycles. The van der Waals surface area contributed by atoms with Gasteiger partial charge in [0.1, 0.15) is 16.4 Å². The summed E-state index contributed by atoms with van der Waals surface area (Å²) >= 11 is 6.23. The van der Waals surface area contributed by atoms with E-state index in [9.17, 15) is 0 Å². The van der Waals surface area contributed by atoms with E-state index in [0.717, 1.165) is 38.5 Å². The minimum atomic E-state index is 0.505. The van der Waals surface area contributed by atoms with Gasteiger partial charge in [-0.25, -0.2) is 9.97 Å². The molecular weight excluding hydrogens is 374 g/mol. The van der Waals surface area contributed by atoms with E-state index >= 15 is 0 Å². The number of fused-ring (bicyclic) bond motifs is 6. The number of pyridine rings is 1. The molecule has 0 spiro atoms. The maximum atomic E-state index is 6.23. The minimum absolute atomic E-state index is 0.505. The van der Waals surface area contributed by atoms with Gasteiger partial charge >= 0.3 is 0 Å². The molecule has 0 bridgehead atoms. The Labute approximate surface area is 165 Å². The predicted octanol–water partition coefficient (Wildman–Crippen LogP) is 4.76. The molecule has 3 aromatic carbocycles. The summed E-state index contributed by atoms with van der Waals surface area (Å²) in [4.78, 5) is 12.8. The van der Waals surface area contributed by atoms with Crippen LogP contribution in [0.5, 0.6) is 5.75 Å². The third-order valence-electron chi connectivity index (χ3n) is 4.93. The standard InChI is InChI=1S/C21H16ClN5O/c1-28-10-5-6-11-13(9-10)18-12(7-8-16(22)25-18)20-19(11)26-21(27-20)17-14(23)3-2-4-15(17)24/h2-9,25H,23-24H2,1H3. The van der Waals surface area contributed by atoms with Gasteiger partial charge in [-0.2, -0.15) is 0 Å². The number of halogens is 1. The minimum Gasteiger partial charge on any atom is -0.497 e. The molecule has 0 saturated heterocycles. The van der Waals surface area contributed by atoms with Crippen molar-refractivity contribution in [3.63, 3.8) is 0 Å². The van der Waals surface area contributed by atoms with Crippen LogP contribution in [0.3, 0.4) is 0 Å². The molecule has 0 unspecified atom stereocenters. The monoisotopic (exact) mass is 389 g/mol. The first-order valence-electron chi connectivity index (χ1n) is 8.67. The summed E-state index contributed by atoms with van der Waals surface area (Å²) in [6.07, 6.45) is 0. The van der Waals surface area contributed by atoms with Gasteiger partial charge in [-0.15, -0.1) is 0 Å². The topological polar surface area (TPSA) is 103 Å². The molecule has 5 N–H and O–H groups in total. The van der Waals surface area contributed by atoms with Gasteiger partial charge in [0.15, 0.2) is 5.82 Å². The Morgan fingerprint density at radius 1 is 0.893 bits per heavy atom. The van der Waals surface area contributed by atoms with Crippen LogP contribution < -0.4 is 16.2 Å². The van der Waals surface area contributed by atoms with Crippen molar-refractivity contribution in [2.75, 3.05) is 18.6 Å². The van der Waals surface area contributed by atoms with Crippen LogP contribution in [0.25, 0.3) is 44.1 Å². The number of nitrogen functional groups attached to an aromatic ring is 2. The number of rotatable bonds is 2. The number of nitrogens with one attached hydrogen (secondary N) is 1. The zero-order valence-electron chi connectivity index (χ0n) is 15.0. The number of nitrogens with zero attached hydrogens (tertiary/aromatic N) is 2. The van der Waals surface area contributed by atoms with Gasteiger partial charge in [0.25, 0.3) is 0 Å². The van der Waals surface area contributed by atoms with Crippen LogP contribution in [0, 0.1) is 0 Å². The van der Waals surface area contributed by atoms with Crippen molar-refractivity contribution in [3.8, 4) is 17.1 Å². The Bertz CT molecular complexity index is 1370. The number of hydrogen-bond donors (Lipinski definition) is 3. The van der Waals surface area contributed by atoms with Crippen molar-refractivity contribution in [1.29, 1.82) is 0 Å². The fourth-order valence-electron chi connectivity index (χ4n) is 3.62. The highest BCUT2D eigenvalue weighted by Crippen LogP contribution is 2.38. The van der Waals surface area contributed by atoms with Crippen LogP contribution in [0.1, 0.15) is 0 Å². The first-order chi connectivity index (χ1) is 13.6. The molecule has 5 rings (SSSR count). The second-order valence-electron chi connectivity index (χ2n) is 6.56. The van der Waals surface area contributed by atoms with E-state index in [-0.39, 0.29) is 0 Å². The number of aromatic amines is 1. The normalized spacial score (nSPS) is 11.5. The number of H-pyrrole nitrogens is 1. The van der Waals surface area contributed by atoms with Gasteiger partial charge in [-0.05, 0) is 42.5 Å². The third kappa shape index (κ3) is 2.35. The fraction of sp³-hybridized carbons (Fsp3) is 0.0476. The molecule has 28 heavy (non-hydrogen) atoms. The lowest BCUT2D eigenvalue weighted by molar-refractivity contribution is 0.415. The Hall–Kier alpha value is -3.51. The summed E-state index contributed by atoms with van der Waals surface area (Å²) in [6.45, 7) is 0. The molecule has 0 aliphatic heterocycles. The second-order valence-corrected chi connectivity index (χ2v) is 6.97. The van der Waals surface area contributed by atoms with Crippen LogP contribution in [0.2, 0.25) is 5.15 Å². The molecule has 6 nitrogen and oxygen atoms in total. The number of methoxy groups -OCH3 is 1. The molecule has 0 aliphatic rings. The molecule has 138 valence electrons. The predicted molar refractivity (Wildman–Crippen MR) is 115 cm³/mol. The number of nitrogens with two attached hydrogens (primary N) is 2. The van der Waals surface area contributed by atoms with Crippen molar-refractivity contribution in [1.82, 2.24) is 15.0 Å². The molecule has 0 aliphatic carbocycles. The van der Waals surface area contributed by atoms with Crippen LogP contribution in [-0.4, -0.2) is 22.1 Å². The molecule has 0 radical (unpaired) electrons. The molecule has 0 fully saturated rings. The number of anilines is 2. The highest BCUT2D eigenvalue weighted by Gasteiger charge is 2.18. The molecule has 0 amide bonds. The molecule has 7 heteroatoms. The van der Waals surface area contributed by atoms with Crippen molar-refractivity contribution in [3.05, 3.63) is 53.7 Å². The summed E-state index contributed by atoms with van der Waals surface area (Å²) in [7, 11) is 1.64. The average molecular weight is 390 g/mol. The number of ether oxygens (including phenoxy) is 1. The molecular formula is C21H16ClN5O. The molecule has 5 aromatic rings. The second kappa shape index (κ2) is 6.00. The smallest absolute Gasteiger partial charge is 0.164 e. The quantitative estimate of drug-likeness (QED) is 0.229. The van der Waals surface area contributed by atoms with E-state index in [0.29, 0.717) is 27.9 Å². The van der Waals surface area contributed by atoms with Gasteiger partial charge in [-0.1, -0.05) is 17.7 Å². The summed E-state index contributed by atoms with van der Waals surface area (Å²) in [5, 5.41) is 3.33. The first kappa shape index (κ1) is 16.6. The highest BCUT2D eigenvalue weighted by molar-refractivity contribution is 6.31. The Morgan fingerprint density at radius 3 is 2.29 bits per heavy atom. The average Bonchev–Trinajstić information content (AvgIpc) is 3.12. The SMILES string of the molecule is COc1ccc2c(c1)c1[nH]c(Cl)ccc1c1nc(-c3c(N)cccc3N)nc21. The van der Waals surface area contributed by atoms with Crippen LogP contribution in [0.4, 0.5) is 11.4 Å². The maximum absolute atomic E-state index is 6.23. The zero-order chi connectivity index (χ0) is 19.4. The zero-order valence-corrected chi connectivity index (χ0v) is 15.7. The van der Waals surface area contributed by atoms with Gasteiger partial charge in [-0.3, -0.25) is 0 Å². The summed E-state index contributed by atoms with van der Waals surface area (Å²) in [5.41, 5.74) is 16.5. The molecule has 2 aromatic heterocycles. The first-order valence-corrected chi connectivity index (χ1v) is 9.04. The Kier molecular flexibility index (Phi) is 3.57. The van der Waals surface area contributed by atoms with Crippen molar-refractivity contribution < 1.29 is 4.74 Å². The summed E-state index contributed by atoms with van der Waals surface area (Å²) in [5.74, 6) is 1.25. The largest absolute Gasteiger partial charge is 0.497 e. The van der Waals surface area contributed by atoms with E-state index in [1.165, 1.54) is 0 Å². The van der Waals surface area contributed by atoms with E-state index in [1.54, 1.807) is 25.3 Å². The highest BCUT2D eigenvalue weighted by atomic mass is 35.5. The molecule has 0 saturated carbocycles. The van der Waals surface area contributed by atoms with Gasteiger partial charge < -0.3 is 21.2 Å². The number of hydrogen-bond acceptors (Lipinski definition) is 5. The van der Waals surface area contributed by atoms with Crippen molar-refractivity contribution >= 4 is 55.7 Å². The number of benzene rings is 3. The summed E-state index contributed by atoms with van der Waals surface area (Å²) < 4.78 is 5.40. The maximum Gasteiger partial charge on any atom is 0.164 e. The number of imidazole rings is 1. The Morgan fingerprint density at radius 2 is 1.57 bits per heavy atom. The molecule has 0 atom stereocenters. The van der Waals surface area contributed by atoms with Crippen LogP contribution in [0.15, 0.2) is 48.5 Å². The van der Waals surface area contributed by atoms with Gasteiger partial charge in [0.05, 0.1) is 23.7 Å².